The van der Waals surface area contributed by atoms with Crippen LogP contribution in [0.2, 0.25) is 0 Å². The van der Waals surface area contributed by atoms with E-state index >= 15 is 0 Å². The third-order valence-corrected chi connectivity index (χ3v) is 6.41. The Labute approximate surface area is 183 Å². The third-order valence-electron chi connectivity index (χ3n) is 5.44. The average molecular weight is 431 g/mol. The molecular weight excluding hydrogens is 408 g/mol. The summed E-state index contributed by atoms with van der Waals surface area (Å²) in [4.78, 5) is 13.0. The van der Waals surface area contributed by atoms with Crippen LogP contribution < -0.4 is 0 Å². The van der Waals surface area contributed by atoms with Crippen LogP contribution in [0.5, 0.6) is 0 Å². The zero-order valence-corrected chi connectivity index (χ0v) is 18.2. The van der Waals surface area contributed by atoms with E-state index in [0.29, 0.717) is 29.0 Å². The zero-order valence-electron chi connectivity index (χ0n) is 17.4. The van der Waals surface area contributed by atoms with E-state index in [0.717, 1.165) is 34.0 Å². The number of carbonyl (C=O) groups excluding carboxylic acids is 1. The number of benzene rings is 2. The van der Waals surface area contributed by atoms with Crippen LogP contribution >= 0.6 is 11.8 Å². The van der Waals surface area contributed by atoms with Gasteiger partial charge in [-0.25, -0.2) is 0 Å². The summed E-state index contributed by atoms with van der Waals surface area (Å²) in [5.74, 6) is 1.75. The number of aryl methyl sites for hydroxylation is 1. The normalized spacial score (nSPS) is 11.5. The van der Waals surface area contributed by atoms with Gasteiger partial charge in [0.1, 0.15) is 5.58 Å². The summed E-state index contributed by atoms with van der Waals surface area (Å²) in [6, 6.07) is 17.9. The molecule has 3 aromatic heterocycles. The molecule has 31 heavy (non-hydrogen) atoms. The van der Waals surface area contributed by atoms with Gasteiger partial charge < -0.3 is 8.98 Å². The Hall–Kier alpha value is -3.32. The number of nitrogens with zero attached hydrogens (tertiary/aromatic N) is 4. The second-order valence-corrected chi connectivity index (χ2v) is 8.20. The molecule has 0 aliphatic rings. The van der Waals surface area contributed by atoms with Crippen molar-refractivity contribution in [2.24, 2.45) is 0 Å². The first-order chi connectivity index (χ1) is 15.2. The Morgan fingerprint density at radius 1 is 1.03 bits per heavy atom. The molecule has 0 aliphatic heterocycles. The maximum absolute atomic E-state index is 13.0. The quantitative estimate of drug-likeness (QED) is 0.246. The van der Waals surface area contributed by atoms with Gasteiger partial charge in [0.15, 0.2) is 16.7 Å². The standard InChI is InChI=1S/C24H22N4O2S/c1-3-27-14-18(17-10-6-7-11-19(17)27)20(29)15-31-24-26-25-23(28(24)4-2)22-13-16-9-5-8-12-21(16)30-22/h5-14H,3-4,15H2,1-2H3. The van der Waals surface area contributed by atoms with Crippen molar-refractivity contribution >= 4 is 39.4 Å². The van der Waals surface area contributed by atoms with Gasteiger partial charge in [-0.15, -0.1) is 10.2 Å². The molecule has 0 radical (unpaired) electrons. The fourth-order valence-corrected chi connectivity index (χ4v) is 4.78. The monoisotopic (exact) mass is 430 g/mol. The summed E-state index contributed by atoms with van der Waals surface area (Å²) >= 11 is 1.41. The highest BCUT2D eigenvalue weighted by molar-refractivity contribution is 7.99. The number of carbonyl (C=O) groups is 1. The lowest BCUT2D eigenvalue weighted by Crippen LogP contribution is -2.05. The van der Waals surface area contributed by atoms with E-state index in [-0.39, 0.29) is 5.78 Å². The molecule has 0 fully saturated rings. The van der Waals surface area contributed by atoms with Crippen molar-refractivity contribution in [1.82, 2.24) is 19.3 Å². The molecule has 0 saturated heterocycles. The van der Waals surface area contributed by atoms with E-state index in [1.807, 2.05) is 66.2 Å². The number of fused-ring (bicyclic) bond motifs is 2. The molecular formula is C24H22N4O2S. The van der Waals surface area contributed by atoms with Gasteiger partial charge in [0.2, 0.25) is 5.82 Å². The smallest absolute Gasteiger partial charge is 0.200 e. The minimum atomic E-state index is 0.0874. The Morgan fingerprint density at radius 3 is 2.65 bits per heavy atom. The van der Waals surface area contributed by atoms with Gasteiger partial charge in [0.05, 0.1) is 5.75 Å². The van der Waals surface area contributed by atoms with Gasteiger partial charge in [0, 0.05) is 41.1 Å². The number of hydrogen-bond donors (Lipinski definition) is 0. The van der Waals surface area contributed by atoms with Crippen LogP contribution in [0, 0.1) is 0 Å². The molecule has 0 saturated carbocycles. The Balaban J connectivity index is 1.40. The van der Waals surface area contributed by atoms with Gasteiger partial charge in [-0.3, -0.25) is 9.36 Å². The third kappa shape index (κ3) is 3.45. The van der Waals surface area contributed by atoms with Gasteiger partial charge in [0.25, 0.3) is 0 Å². The lowest BCUT2D eigenvalue weighted by molar-refractivity contribution is 0.102. The van der Waals surface area contributed by atoms with Gasteiger partial charge >= 0.3 is 0 Å². The Bertz CT molecular complexity index is 1360. The molecule has 3 heterocycles. The van der Waals surface area contributed by atoms with Crippen molar-refractivity contribution < 1.29 is 9.21 Å². The highest BCUT2D eigenvalue weighted by atomic mass is 32.2. The van der Waals surface area contributed by atoms with Gasteiger partial charge in [-0.05, 0) is 32.0 Å². The molecule has 0 unspecified atom stereocenters. The Morgan fingerprint density at radius 2 is 1.84 bits per heavy atom. The molecule has 5 rings (SSSR count). The topological polar surface area (TPSA) is 65.8 Å². The van der Waals surface area contributed by atoms with E-state index < -0.39 is 0 Å². The summed E-state index contributed by atoms with van der Waals surface area (Å²) in [6.45, 7) is 5.63. The number of para-hydroxylation sites is 2. The summed E-state index contributed by atoms with van der Waals surface area (Å²) in [7, 11) is 0. The molecule has 0 aliphatic carbocycles. The average Bonchev–Trinajstić information content (AvgIpc) is 3.51. The number of Topliss-reactive ketones (excluding diaryl/α,β-unsaturated/α-hetero) is 1. The summed E-state index contributed by atoms with van der Waals surface area (Å²) in [5, 5.41) is 11.4. The highest BCUT2D eigenvalue weighted by Gasteiger charge is 2.19. The largest absolute Gasteiger partial charge is 0.453 e. The summed E-state index contributed by atoms with van der Waals surface area (Å²) < 4.78 is 10.1. The Kier molecular flexibility index (Phi) is 5.11. The fraction of sp³-hybridized carbons (Fsp3) is 0.208. The SMILES string of the molecule is CCn1c(SCC(=O)c2cn(CC)c3ccccc23)nnc1-c1cc2ccccc2o1. The molecule has 6 nitrogen and oxygen atoms in total. The van der Waals surface area contributed by atoms with Crippen molar-refractivity contribution in [2.45, 2.75) is 32.1 Å². The first-order valence-electron chi connectivity index (χ1n) is 10.4. The van der Waals surface area contributed by atoms with E-state index in [1.165, 1.54) is 11.8 Å². The summed E-state index contributed by atoms with van der Waals surface area (Å²) in [5.41, 5.74) is 2.66. The first-order valence-corrected chi connectivity index (χ1v) is 11.3. The van der Waals surface area contributed by atoms with Gasteiger partial charge in [-0.2, -0.15) is 0 Å². The maximum atomic E-state index is 13.0. The van der Waals surface area contributed by atoms with Gasteiger partial charge in [-0.1, -0.05) is 48.2 Å². The lowest BCUT2D eigenvalue weighted by atomic mass is 10.1. The number of ketones is 1. The first kappa shape index (κ1) is 19.6. The molecule has 0 bridgehead atoms. The zero-order chi connectivity index (χ0) is 21.4. The summed E-state index contributed by atoms with van der Waals surface area (Å²) in [6.07, 6.45) is 1.96. The van der Waals surface area contributed by atoms with Crippen LogP contribution in [0.3, 0.4) is 0 Å². The predicted molar refractivity (Wildman–Crippen MR) is 124 cm³/mol. The lowest BCUT2D eigenvalue weighted by Gasteiger charge is -2.05. The number of furan rings is 1. The fourth-order valence-electron chi connectivity index (χ4n) is 3.89. The molecule has 0 N–H and O–H groups in total. The van der Waals surface area contributed by atoms with Crippen molar-refractivity contribution in [2.75, 3.05) is 5.75 Å². The predicted octanol–water partition coefficient (Wildman–Crippen LogP) is 5.66. The number of hydrogen-bond acceptors (Lipinski definition) is 5. The molecule has 2 aromatic carbocycles. The van der Waals surface area contributed by atoms with Crippen LogP contribution in [0.15, 0.2) is 70.4 Å². The van der Waals surface area contributed by atoms with Crippen molar-refractivity contribution in [3.63, 3.8) is 0 Å². The minimum absolute atomic E-state index is 0.0874. The molecule has 0 atom stereocenters. The van der Waals surface area contributed by atoms with E-state index in [9.17, 15) is 4.79 Å². The number of rotatable bonds is 7. The van der Waals surface area contributed by atoms with Crippen LogP contribution in [-0.4, -0.2) is 30.9 Å². The molecule has 0 amide bonds. The van der Waals surface area contributed by atoms with Crippen molar-refractivity contribution in [3.8, 4) is 11.6 Å². The van der Waals surface area contributed by atoms with Crippen LogP contribution in [-0.2, 0) is 13.1 Å². The second-order valence-electron chi connectivity index (χ2n) is 7.26. The molecule has 7 heteroatoms. The molecule has 156 valence electrons. The van der Waals surface area contributed by atoms with Crippen LogP contribution in [0.1, 0.15) is 24.2 Å². The number of thioether (sulfide) groups is 1. The van der Waals surface area contributed by atoms with E-state index in [4.69, 9.17) is 4.42 Å². The minimum Gasteiger partial charge on any atom is -0.453 e. The number of aromatic nitrogens is 4. The second kappa shape index (κ2) is 8.07. The van der Waals surface area contributed by atoms with E-state index in [1.54, 1.807) is 0 Å². The highest BCUT2D eigenvalue weighted by Crippen LogP contribution is 2.30. The molecule has 5 aromatic rings. The van der Waals surface area contributed by atoms with Crippen LogP contribution in [0.4, 0.5) is 0 Å². The van der Waals surface area contributed by atoms with Crippen molar-refractivity contribution in [1.29, 1.82) is 0 Å². The van der Waals surface area contributed by atoms with Crippen molar-refractivity contribution in [3.05, 3.63) is 66.4 Å². The molecule has 0 spiro atoms. The maximum Gasteiger partial charge on any atom is 0.200 e. The van der Waals surface area contributed by atoms with Crippen LogP contribution in [0.25, 0.3) is 33.5 Å². The van der Waals surface area contributed by atoms with E-state index in [2.05, 4.69) is 27.8 Å².